The first kappa shape index (κ1) is 17.6. The number of carbonyl (C=O) groups is 1. The first-order chi connectivity index (χ1) is 12.0. The van der Waals surface area contributed by atoms with E-state index in [9.17, 15) is 9.90 Å². The molecule has 26 heavy (non-hydrogen) atoms. The third-order valence-electron chi connectivity index (χ3n) is 6.42. The number of ether oxygens (including phenoxy) is 1. The Kier molecular flexibility index (Phi) is 3.62. The maximum absolute atomic E-state index is 11.3. The average molecular weight is 371 g/mol. The van der Waals surface area contributed by atoms with Crippen molar-refractivity contribution in [2.24, 2.45) is 0 Å². The second kappa shape index (κ2) is 5.35. The van der Waals surface area contributed by atoms with E-state index in [-0.39, 0.29) is 16.2 Å². The Balaban J connectivity index is 1.88. The number of fused-ring (bicyclic) bond motifs is 2. The predicted octanol–water partition coefficient (Wildman–Crippen LogP) is 5.49. The molecule has 1 aliphatic heterocycles. The number of aromatic carboxylic acids is 1. The van der Waals surface area contributed by atoms with Crippen molar-refractivity contribution >= 4 is 17.3 Å². The van der Waals surface area contributed by atoms with Crippen LogP contribution < -0.4 is 4.74 Å². The molecular weight excluding hydrogens is 344 g/mol. The molecule has 3 nitrogen and oxygen atoms in total. The Labute approximate surface area is 159 Å². The van der Waals surface area contributed by atoms with Gasteiger partial charge < -0.3 is 9.84 Å². The standard InChI is InChI=1S/C22H26O3S/c1-20(2)8-9-21(3,4)14-11-16-15(10-13(14)20)22(5,12-25-16)18-7-6-17(26-18)19(23)24/h6-7,10-11H,8-9,12H2,1-5H3,(H,23,24). The average Bonchev–Trinajstić information content (AvgIpc) is 3.18. The summed E-state index contributed by atoms with van der Waals surface area (Å²) in [5, 5.41) is 9.28. The highest BCUT2D eigenvalue weighted by molar-refractivity contribution is 7.14. The largest absolute Gasteiger partial charge is 0.492 e. The lowest BCUT2D eigenvalue weighted by Gasteiger charge is -2.42. The second-order valence-corrected chi connectivity index (χ2v) is 10.3. The van der Waals surface area contributed by atoms with Crippen molar-refractivity contribution in [2.75, 3.05) is 6.61 Å². The molecule has 0 amide bonds. The number of benzene rings is 1. The smallest absolute Gasteiger partial charge is 0.345 e. The lowest BCUT2D eigenvalue weighted by Crippen LogP contribution is -2.34. The molecule has 138 valence electrons. The Hall–Kier alpha value is -1.81. The van der Waals surface area contributed by atoms with Gasteiger partial charge in [0.1, 0.15) is 17.2 Å². The quantitative estimate of drug-likeness (QED) is 0.760. The van der Waals surface area contributed by atoms with Gasteiger partial charge in [0, 0.05) is 10.4 Å². The molecular formula is C22H26O3S. The zero-order valence-electron chi connectivity index (χ0n) is 16.1. The van der Waals surface area contributed by atoms with E-state index in [0.717, 1.165) is 10.6 Å². The summed E-state index contributed by atoms with van der Waals surface area (Å²) < 4.78 is 6.13. The number of hydrogen-bond acceptors (Lipinski definition) is 3. The summed E-state index contributed by atoms with van der Waals surface area (Å²) >= 11 is 1.36. The van der Waals surface area contributed by atoms with Crippen LogP contribution in [-0.4, -0.2) is 17.7 Å². The van der Waals surface area contributed by atoms with Crippen LogP contribution in [0.25, 0.3) is 0 Å². The molecule has 0 saturated heterocycles. The molecule has 2 aliphatic rings. The molecule has 1 aromatic heterocycles. The number of rotatable bonds is 2. The molecule has 2 heterocycles. The van der Waals surface area contributed by atoms with Crippen LogP contribution in [0.15, 0.2) is 24.3 Å². The highest BCUT2D eigenvalue weighted by Crippen LogP contribution is 2.52. The molecule has 1 N–H and O–H groups in total. The van der Waals surface area contributed by atoms with Crippen LogP contribution >= 0.6 is 11.3 Å². The molecule has 1 unspecified atom stereocenters. The van der Waals surface area contributed by atoms with E-state index in [2.05, 4.69) is 46.8 Å². The molecule has 0 fully saturated rings. The van der Waals surface area contributed by atoms with Crippen LogP contribution in [0.2, 0.25) is 0 Å². The Morgan fingerprint density at radius 3 is 2.19 bits per heavy atom. The lowest BCUT2D eigenvalue weighted by atomic mass is 9.62. The van der Waals surface area contributed by atoms with Gasteiger partial charge in [-0.15, -0.1) is 11.3 Å². The fourth-order valence-electron chi connectivity index (χ4n) is 4.40. The van der Waals surface area contributed by atoms with E-state index < -0.39 is 5.97 Å². The first-order valence-electron chi connectivity index (χ1n) is 9.20. The second-order valence-electron chi connectivity index (χ2n) is 9.25. The first-order valence-corrected chi connectivity index (χ1v) is 10.0. The van der Waals surface area contributed by atoms with E-state index in [4.69, 9.17) is 4.74 Å². The van der Waals surface area contributed by atoms with Gasteiger partial charge >= 0.3 is 5.97 Å². The fourth-order valence-corrected chi connectivity index (χ4v) is 5.39. The summed E-state index contributed by atoms with van der Waals surface area (Å²) in [6.07, 6.45) is 2.35. The third kappa shape index (κ3) is 2.42. The lowest BCUT2D eigenvalue weighted by molar-refractivity contribution is 0.0702. The number of carboxylic acid groups (broad SMARTS) is 1. The molecule has 0 bridgehead atoms. The number of thiophene rings is 1. The van der Waals surface area contributed by atoms with Crippen LogP contribution in [0.3, 0.4) is 0 Å². The maximum atomic E-state index is 11.3. The van der Waals surface area contributed by atoms with E-state index in [1.165, 1.54) is 40.9 Å². The molecule has 0 radical (unpaired) electrons. The van der Waals surface area contributed by atoms with Gasteiger partial charge in [-0.3, -0.25) is 0 Å². The molecule has 1 atom stereocenters. The van der Waals surface area contributed by atoms with Crippen LogP contribution in [0, 0.1) is 0 Å². The van der Waals surface area contributed by atoms with E-state index in [0.29, 0.717) is 11.5 Å². The van der Waals surface area contributed by atoms with Gasteiger partial charge in [0.25, 0.3) is 0 Å². The summed E-state index contributed by atoms with van der Waals surface area (Å²) in [7, 11) is 0. The third-order valence-corrected chi connectivity index (χ3v) is 7.76. The van der Waals surface area contributed by atoms with Crippen molar-refractivity contribution in [3.63, 3.8) is 0 Å². The zero-order chi connectivity index (χ0) is 18.9. The summed E-state index contributed by atoms with van der Waals surface area (Å²) in [5.74, 6) is 0.0969. The number of hydrogen-bond donors (Lipinski definition) is 1. The van der Waals surface area contributed by atoms with Gasteiger partial charge in [0.15, 0.2) is 0 Å². The minimum Gasteiger partial charge on any atom is -0.492 e. The van der Waals surface area contributed by atoms with Gasteiger partial charge in [0.2, 0.25) is 0 Å². The molecule has 0 spiro atoms. The monoisotopic (exact) mass is 370 g/mol. The van der Waals surface area contributed by atoms with E-state index in [1.807, 2.05) is 6.07 Å². The molecule has 1 aliphatic carbocycles. The summed E-state index contributed by atoms with van der Waals surface area (Å²) in [6, 6.07) is 8.25. The zero-order valence-corrected chi connectivity index (χ0v) is 16.9. The van der Waals surface area contributed by atoms with Gasteiger partial charge in [0.05, 0.1) is 5.41 Å². The SMILES string of the molecule is CC1(C)CCC(C)(C)c2cc3c(cc21)OCC3(C)c1ccc(C(=O)O)s1. The van der Waals surface area contributed by atoms with Crippen LogP contribution in [-0.2, 0) is 16.2 Å². The van der Waals surface area contributed by atoms with Crippen molar-refractivity contribution in [3.8, 4) is 5.75 Å². The summed E-state index contributed by atoms with van der Waals surface area (Å²) in [5.41, 5.74) is 4.02. The van der Waals surface area contributed by atoms with Gasteiger partial charge in [-0.2, -0.15) is 0 Å². The number of carboxylic acids is 1. The summed E-state index contributed by atoms with van der Waals surface area (Å²) in [6.45, 7) is 12.0. The van der Waals surface area contributed by atoms with Gasteiger partial charge in [-0.25, -0.2) is 4.79 Å². The molecule has 2 aromatic rings. The Morgan fingerprint density at radius 1 is 1.00 bits per heavy atom. The fraction of sp³-hybridized carbons (Fsp3) is 0.500. The minimum absolute atomic E-state index is 0.144. The highest BCUT2D eigenvalue weighted by atomic mass is 32.1. The molecule has 0 saturated carbocycles. The van der Waals surface area contributed by atoms with Gasteiger partial charge in [-0.1, -0.05) is 33.8 Å². The Bertz CT molecular complexity index is 906. The topological polar surface area (TPSA) is 46.5 Å². The maximum Gasteiger partial charge on any atom is 0.345 e. The highest BCUT2D eigenvalue weighted by Gasteiger charge is 2.44. The van der Waals surface area contributed by atoms with Crippen molar-refractivity contribution in [1.29, 1.82) is 0 Å². The minimum atomic E-state index is -0.864. The van der Waals surface area contributed by atoms with Crippen molar-refractivity contribution < 1.29 is 14.6 Å². The van der Waals surface area contributed by atoms with E-state index in [1.54, 1.807) is 6.07 Å². The van der Waals surface area contributed by atoms with Crippen molar-refractivity contribution in [2.45, 2.75) is 63.7 Å². The summed E-state index contributed by atoms with van der Waals surface area (Å²) in [4.78, 5) is 12.7. The van der Waals surface area contributed by atoms with Crippen molar-refractivity contribution in [1.82, 2.24) is 0 Å². The normalized spacial score (nSPS) is 25.3. The van der Waals surface area contributed by atoms with Crippen LogP contribution in [0.4, 0.5) is 0 Å². The van der Waals surface area contributed by atoms with Gasteiger partial charge in [-0.05, 0) is 59.9 Å². The van der Waals surface area contributed by atoms with Crippen molar-refractivity contribution in [3.05, 3.63) is 50.7 Å². The van der Waals surface area contributed by atoms with E-state index >= 15 is 0 Å². The molecule has 1 aromatic carbocycles. The van der Waals surface area contributed by atoms with Crippen LogP contribution in [0.5, 0.6) is 5.75 Å². The Morgan fingerprint density at radius 2 is 1.62 bits per heavy atom. The molecule has 4 heteroatoms. The molecule has 4 rings (SSSR count). The predicted molar refractivity (Wildman–Crippen MR) is 105 cm³/mol. The van der Waals surface area contributed by atoms with Crippen LogP contribution in [0.1, 0.15) is 78.7 Å².